The Labute approximate surface area is 98.8 Å². The normalized spacial score (nSPS) is 14.4. The predicted molar refractivity (Wildman–Crippen MR) is 64.8 cm³/mol. The highest BCUT2D eigenvalue weighted by Crippen LogP contribution is 2.29. The van der Waals surface area contributed by atoms with Crippen molar-refractivity contribution in [1.29, 1.82) is 0 Å². The summed E-state index contributed by atoms with van der Waals surface area (Å²) in [6.07, 6.45) is 1.64. The molecule has 1 aliphatic heterocycles. The Bertz CT molecular complexity index is 534. The van der Waals surface area contributed by atoms with Crippen LogP contribution in [0.1, 0.15) is 5.76 Å². The molecule has 4 nitrogen and oxygen atoms in total. The number of fused-ring (bicyclic) bond motifs is 1. The number of carbonyl (C=O) groups is 1. The van der Waals surface area contributed by atoms with E-state index in [0.29, 0.717) is 13.1 Å². The van der Waals surface area contributed by atoms with Crippen LogP contribution in [0.4, 0.5) is 11.4 Å². The van der Waals surface area contributed by atoms with E-state index in [1.165, 1.54) is 0 Å². The fourth-order valence-electron chi connectivity index (χ4n) is 2.04. The van der Waals surface area contributed by atoms with Crippen molar-refractivity contribution >= 4 is 17.3 Å². The third-order valence-electron chi connectivity index (χ3n) is 2.78. The SMILES string of the molecule is O=C1CN(Cc2ccco2)c2ccccc2N1. The smallest absolute Gasteiger partial charge is 0.243 e. The van der Waals surface area contributed by atoms with E-state index in [1.807, 2.05) is 41.3 Å². The molecular formula is C13H12N2O2. The molecule has 0 fully saturated rings. The Kier molecular flexibility index (Phi) is 2.33. The molecule has 0 aliphatic carbocycles. The number of benzene rings is 1. The van der Waals surface area contributed by atoms with Gasteiger partial charge in [-0.25, -0.2) is 0 Å². The first-order valence-corrected chi connectivity index (χ1v) is 5.49. The van der Waals surface area contributed by atoms with E-state index in [4.69, 9.17) is 4.42 Å². The first-order valence-electron chi connectivity index (χ1n) is 5.49. The lowest BCUT2D eigenvalue weighted by Gasteiger charge is -2.30. The molecule has 1 N–H and O–H groups in total. The van der Waals surface area contributed by atoms with Gasteiger partial charge in [-0.05, 0) is 24.3 Å². The summed E-state index contributed by atoms with van der Waals surface area (Å²) in [7, 11) is 0. The standard InChI is InChI=1S/C13H12N2O2/c16-13-9-15(8-10-4-3-7-17-10)12-6-2-1-5-11(12)14-13/h1-7H,8-9H2,(H,14,16). The number of carbonyl (C=O) groups excluding carboxylic acids is 1. The molecule has 1 amide bonds. The van der Waals surface area contributed by atoms with Crippen molar-refractivity contribution < 1.29 is 9.21 Å². The third kappa shape index (κ3) is 1.89. The van der Waals surface area contributed by atoms with Crippen LogP contribution in [0.5, 0.6) is 0 Å². The summed E-state index contributed by atoms with van der Waals surface area (Å²) < 4.78 is 5.31. The van der Waals surface area contributed by atoms with Crippen LogP contribution in [-0.2, 0) is 11.3 Å². The maximum absolute atomic E-state index is 11.6. The van der Waals surface area contributed by atoms with Crippen LogP contribution in [0.3, 0.4) is 0 Å². The summed E-state index contributed by atoms with van der Waals surface area (Å²) in [5, 5.41) is 2.86. The molecule has 0 atom stereocenters. The summed E-state index contributed by atoms with van der Waals surface area (Å²) in [6, 6.07) is 11.5. The van der Waals surface area contributed by atoms with Gasteiger partial charge in [-0.1, -0.05) is 12.1 Å². The Morgan fingerprint density at radius 1 is 1.24 bits per heavy atom. The zero-order valence-corrected chi connectivity index (χ0v) is 9.22. The highest BCUT2D eigenvalue weighted by molar-refractivity contribution is 6.01. The van der Waals surface area contributed by atoms with Crippen molar-refractivity contribution in [2.45, 2.75) is 6.54 Å². The first-order chi connectivity index (χ1) is 8.33. The van der Waals surface area contributed by atoms with Crippen LogP contribution in [0.25, 0.3) is 0 Å². The molecule has 4 heteroatoms. The van der Waals surface area contributed by atoms with Gasteiger partial charge in [0.1, 0.15) is 5.76 Å². The van der Waals surface area contributed by atoms with Crippen molar-refractivity contribution in [1.82, 2.24) is 0 Å². The zero-order chi connectivity index (χ0) is 11.7. The lowest BCUT2D eigenvalue weighted by Crippen LogP contribution is -2.37. The van der Waals surface area contributed by atoms with E-state index in [9.17, 15) is 4.79 Å². The van der Waals surface area contributed by atoms with Gasteiger partial charge in [0.25, 0.3) is 0 Å². The molecule has 2 heterocycles. The Hall–Kier alpha value is -2.23. The maximum Gasteiger partial charge on any atom is 0.243 e. The summed E-state index contributed by atoms with van der Waals surface area (Å²) in [4.78, 5) is 13.6. The molecule has 1 aromatic heterocycles. The van der Waals surface area contributed by atoms with E-state index in [0.717, 1.165) is 17.1 Å². The number of para-hydroxylation sites is 2. The topological polar surface area (TPSA) is 45.5 Å². The fourth-order valence-corrected chi connectivity index (χ4v) is 2.04. The summed E-state index contributed by atoms with van der Waals surface area (Å²) in [5.41, 5.74) is 1.89. The molecule has 0 saturated carbocycles. The zero-order valence-electron chi connectivity index (χ0n) is 9.22. The monoisotopic (exact) mass is 228 g/mol. The second-order valence-electron chi connectivity index (χ2n) is 4.00. The van der Waals surface area contributed by atoms with Gasteiger partial charge in [-0.3, -0.25) is 4.79 Å². The lowest BCUT2D eigenvalue weighted by atomic mass is 10.2. The molecule has 0 spiro atoms. The Morgan fingerprint density at radius 3 is 2.94 bits per heavy atom. The molecule has 17 heavy (non-hydrogen) atoms. The van der Waals surface area contributed by atoms with Crippen molar-refractivity contribution in [3.05, 3.63) is 48.4 Å². The van der Waals surface area contributed by atoms with E-state index in [1.54, 1.807) is 6.26 Å². The Balaban J connectivity index is 1.92. The molecule has 86 valence electrons. The van der Waals surface area contributed by atoms with Crippen LogP contribution in [-0.4, -0.2) is 12.5 Å². The summed E-state index contributed by atoms with van der Waals surface area (Å²) >= 11 is 0. The third-order valence-corrected chi connectivity index (χ3v) is 2.78. The predicted octanol–water partition coefficient (Wildman–Crippen LogP) is 2.24. The van der Waals surface area contributed by atoms with E-state index >= 15 is 0 Å². The van der Waals surface area contributed by atoms with E-state index < -0.39 is 0 Å². The molecule has 0 radical (unpaired) electrons. The molecule has 3 rings (SSSR count). The van der Waals surface area contributed by atoms with Crippen LogP contribution >= 0.6 is 0 Å². The highest BCUT2D eigenvalue weighted by Gasteiger charge is 2.21. The van der Waals surface area contributed by atoms with Gasteiger partial charge in [0.2, 0.25) is 5.91 Å². The molecule has 1 aliphatic rings. The van der Waals surface area contributed by atoms with Gasteiger partial charge >= 0.3 is 0 Å². The van der Waals surface area contributed by atoms with Crippen molar-refractivity contribution in [2.75, 3.05) is 16.8 Å². The van der Waals surface area contributed by atoms with Gasteiger partial charge < -0.3 is 14.6 Å². The summed E-state index contributed by atoms with van der Waals surface area (Å²) in [5.74, 6) is 0.866. The van der Waals surface area contributed by atoms with Crippen molar-refractivity contribution in [3.63, 3.8) is 0 Å². The molecular weight excluding hydrogens is 216 g/mol. The number of anilines is 2. The minimum atomic E-state index is 0.00950. The van der Waals surface area contributed by atoms with Crippen LogP contribution < -0.4 is 10.2 Å². The fraction of sp³-hybridized carbons (Fsp3) is 0.154. The van der Waals surface area contributed by atoms with Crippen molar-refractivity contribution in [3.8, 4) is 0 Å². The molecule has 0 bridgehead atoms. The Morgan fingerprint density at radius 2 is 2.12 bits per heavy atom. The van der Waals surface area contributed by atoms with Gasteiger partial charge in [-0.15, -0.1) is 0 Å². The quantitative estimate of drug-likeness (QED) is 0.857. The molecule has 2 aromatic rings. The average Bonchev–Trinajstić information content (AvgIpc) is 2.81. The second-order valence-corrected chi connectivity index (χ2v) is 4.00. The molecule has 1 aromatic carbocycles. The number of amides is 1. The van der Waals surface area contributed by atoms with Crippen LogP contribution in [0.2, 0.25) is 0 Å². The van der Waals surface area contributed by atoms with Gasteiger partial charge in [-0.2, -0.15) is 0 Å². The minimum Gasteiger partial charge on any atom is -0.467 e. The number of hydrogen-bond donors (Lipinski definition) is 1. The number of hydrogen-bond acceptors (Lipinski definition) is 3. The van der Waals surface area contributed by atoms with Crippen LogP contribution in [0.15, 0.2) is 47.1 Å². The van der Waals surface area contributed by atoms with E-state index in [-0.39, 0.29) is 5.91 Å². The van der Waals surface area contributed by atoms with E-state index in [2.05, 4.69) is 5.32 Å². The van der Waals surface area contributed by atoms with Gasteiger partial charge in [0.15, 0.2) is 0 Å². The largest absolute Gasteiger partial charge is 0.467 e. The highest BCUT2D eigenvalue weighted by atomic mass is 16.3. The number of rotatable bonds is 2. The number of furan rings is 1. The number of nitrogens with zero attached hydrogens (tertiary/aromatic N) is 1. The second kappa shape index (κ2) is 3.97. The summed E-state index contributed by atoms with van der Waals surface area (Å²) in [6.45, 7) is 0.967. The van der Waals surface area contributed by atoms with Crippen molar-refractivity contribution in [2.24, 2.45) is 0 Å². The van der Waals surface area contributed by atoms with Gasteiger partial charge in [0, 0.05) is 0 Å². The maximum atomic E-state index is 11.6. The molecule has 0 saturated heterocycles. The minimum absolute atomic E-state index is 0.00950. The van der Waals surface area contributed by atoms with Crippen LogP contribution in [0, 0.1) is 0 Å². The first kappa shape index (κ1) is 9.96. The lowest BCUT2D eigenvalue weighted by molar-refractivity contribution is -0.115. The van der Waals surface area contributed by atoms with Gasteiger partial charge in [0.05, 0.1) is 30.7 Å². The number of nitrogens with one attached hydrogen (secondary N) is 1. The average molecular weight is 228 g/mol. The molecule has 0 unspecified atom stereocenters.